The largest absolute Gasteiger partial charge is 0.379 e. The Morgan fingerprint density at radius 3 is 2.52 bits per heavy atom. The van der Waals surface area contributed by atoms with Crippen LogP contribution in [0.5, 0.6) is 0 Å². The SMILES string of the molecule is CCCCCCN(CCN1CCOCC1)C(=O)Cc1ccc(F)cc1. The fourth-order valence-corrected chi connectivity index (χ4v) is 3.07. The van der Waals surface area contributed by atoms with Gasteiger partial charge in [-0.15, -0.1) is 0 Å². The average Bonchev–Trinajstić information content (AvgIpc) is 2.64. The zero-order valence-electron chi connectivity index (χ0n) is 15.4. The minimum atomic E-state index is -0.264. The van der Waals surface area contributed by atoms with Gasteiger partial charge < -0.3 is 9.64 Å². The topological polar surface area (TPSA) is 32.8 Å². The van der Waals surface area contributed by atoms with E-state index in [4.69, 9.17) is 4.74 Å². The Hall–Kier alpha value is -1.46. The van der Waals surface area contributed by atoms with Crippen molar-refractivity contribution in [2.45, 2.75) is 39.0 Å². The van der Waals surface area contributed by atoms with E-state index < -0.39 is 0 Å². The molecule has 1 saturated heterocycles. The van der Waals surface area contributed by atoms with Gasteiger partial charge in [0.2, 0.25) is 5.91 Å². The number of morpholine rings is 1. The lowest BCUT2D eigenvalue weighted by Gasteiger charge is -2.30. The molecule has 0 bridgehead atoms. The van der Waals surface area contributed by atoms with Crippen molar-refractivity contribution in [3.63, 3.8) is 0 Å². The minimum absolute atomic E-state index is 0.136. The maximum atomic E-state index is 13.0. The van der Waals surface area contributed by atoms with Gasteiger partial charge in [-0.25, -0.2) is 4.39 Å². The number of carbonyl (C=O) groups excluding carboxylic acids is 1. The lowest BCUT2D eigenvalue weighted by atomic mass is 10.1. The highest BCUT2D eigenvalue weighted by molar-refractivity contribution is 5.78. The molecular formula is C20H31FN2O2. The average molecular weight is 350 g/mol. The van der Waals surface area contributed by atoms with Crippen LogP contribution in [0.15, 0.2) is 24.3 Å². The standard InChI is InChI=1S/C20H31FN2O2/c1-2-3-4-5-10-23(12-11-22-13-15-25-16-14-22)20(24)17-18-6-8-19(21)9-7-18/h6-9H,2-5,10-17H2,1H3. The predicted molar refractivity (Wildman–Crippen MR) is 98.1 cm³/mol. The van der Waals surface area contributed by atoms with E-state index in [0.29, 0.717) is 6.42 Å². The van der Waals surface area contributed by atoms with Gasteiger partial charge >= 0.3 is 0 Å². The van der Waals surface area contributed by atoms with Crippen molar-refractivity contribution in [3.8, 4) is 0 Å². The van der Waals surface area contributed by atoms with Crippen LogP contribution in [0.1, 0.15) is 38.2 Å². The second-order valence-corrected chi connectivity index (χ2v) is 6.70. The number of hydrogen-bond acceptors (Lipinski definition) is 3. The van der Waals surface area contributed by atoms with Crippen LogP contribution >= 0.6 is 0 Å². The van der Waals surface area contributed by atoms with Crippen LogP contribution in [-0.2, 0) is 16.0 Å². The lowest BCUT2D eigenvalue weighted by molar-refractivity contribution is -0.130. The van der Waals surface area contributed by atoms with Crippen LogP contribution in [0, 0.1) is 5.82 Å². The predicted octanol–water partition coefficient (Wildman–Crippen LogP) is 3.11. The minimum Gasteiger partial charge on any atom is -0.379 e. The smallest absolute Gasteiger partial charge is 0.227 e. The molecule has 1 aliphatic rings. The number of unbranched alkanes of at least 4 members (excludes halogenated alkanes) is 3. The number of carbonyl (C=O) groups is 1. The Labute approximate surface area is 150 Å². The van der Waals surface area contributed by atoms with Crippen molar-refractivity contribution in [2.24, 2.45) is 0 Å². The number of nitrogens with zero attached hydrogens (tertiary/aromatic N) is 2. The lowest BCUT2D eigenvalue weighted by Crippen LogP contribution is -2.43. The molecule has 1 heterocycles. The van der Waals surface area contributed by atoms with Gasteiger partial charge in [-0.3, -0.25) is 9.69 Å². The second kappa shape index (κ2) is 11.2. The highest BCUT2D eigenvalue weighted by atomic mass is 19.1. The van der Waals surface area contributed by atoms with Crippen LogP contribution < -0.4 is 0 Å². The quantitative estimate of drug-likeness (QED) is 0.608. The fourth-order valence-electron chi connectivity index (χ4n) is 3.07. The van der Waals surface area contributed by atoms with Crippen molar-refractivity contribution in [2.75, 3.05) is 45.9 Å². The molecule has 1 amide bonds. The summed E-state index contributed by atoms with van der Waals surface area (Å²) in [5.41, 5.74) is 0.872. The fraction of sp³-hybridized carbons (Fsp3) is 0.650. The van der Waals surface area contributed by atoms with Gasteiger partial charge in [-0.2, -0.15) is 0 Å². The van der Waals surface area contributed by atoms with Crippen molar-refractivity contribution in [1.29, 1.82) is 0 Å². The van der Waals surface area contributed by atoms with E-state index in [0.717, 1.165) is 64.3 Å². The van der Waals surface area contributed by atoms with Crippen LogP contribution in [0.25, 0.3) is 0 Å². The zero-order chi connectivity index (χ0) is 17.9. The van der Waals surface area contributed by atoms with Gasteiger partial charge in [0, 0.05) is 32.7 Å². The number of rotatable bonds is 10. The third-order valence-corrected chi connectivity index (χ3v) is 4.69. The maximum Gasteiger partial charge on any atom is 0.227 e. The van der Waals surface area contributed by atoms with E-state index in [1.807, 2.05) is 4.90 Å². The Morgan fingerprint density at radius 1 is 1.12 bits per heavy atom. The molecule has 0 unspecified atom stereocenters. The van der Waals surface area contributed by atoms with Gasteiger partial charge in [0.25, 0.3) is 0 Å². The van der Waals surface area contributed by atoms with Crippen molar-refractivity contribution < 1.29 is 13.9 Å². The molecule has 4 nitrogen and oxygen atoms in total. The van der Waals surface area contributed by atoms with Gasteiger partial charge in [-0.1, -0.05) is 38.3 Å². The summed E-state index contributed by atoms with van der Waals surface area (Å²) in [5, 5.41) is 0. The van der Waals surface area contributed by atoms with Gasteiger partial charge in [0.15, 0.2) is 0 Å². The Morgan fingerprint density at radius 2 is 1.84 bits per heavy atom. The molecule has 0 aliphatic carbocycles. The van der Waals surface area contributed by atoms with Crippen LogP contribution in [0.3, 0.4) is 0 Å². The van der Waals surface area contributed by atoms with Crippen LogP contribution in [0.2, 0.25) is 0 Å². The summed E-state index contributed by atoms with van der Waals surface area (Å²) in [4.78, 5) is 17.1. The van der Waals surface area contributed by atoms with Gasteiger partial charge in [-0.05, 0) is 24.1 Å². The molecule has 0 spiro atoms. The van der Waals surface area contributed by atoms with Crippen molar-refractivity contribution >= 4 is 5.91 Å². The Balaban J connectivity index is 1.86. The summed E-state index contributed by atoms with van der Waals surface area (Å²) in [7, 11) is 0. The van der Waals surface area contributed by atoms with Crippen molar-refractivity contribution in [3.05, 3.63) is 35.6 Å². The molecular weight excluding hydrogens is 319 g/mol. The normalized spacial score (nSPS) is 15.3. The first-order chi connectivity index (χ1) is 12.2. The Kier molecular flexibility index (Phi) is 8.91. The van der Waals surface area contributed by atoms with Crippen LogP contribution in [-0.4, -0.2) is 61.6 Å². The van der Waals surface area contributed by atoms with Crippen LogP contribution in [0.4, 0.5) is 4.39 Å². The highest BCUT2D eigenvalue weighted by Gasteiger charge is 2.17. The molecule has 2 rings (SSSR count). The highest BCUT2D eigenvalue weighted by Crippen LogP contribution is 2.08. The first kappa shape index (κ1) is 19.9. The molecule has 0 radical (unpaired) electrons. The van der Waals surface area contributed by atoms with E-state index in [1.165, 1.54) is 25.0 Å². The molecule has 0 saturated carbocycles. The summed E-state index contributed by atoms with van der Waals surface area (Å²) in [6.45, 7) is 8.09. The summed E-state index contributed by atoms with van der Waals surface area (Å²) < 4.78 is 18.4. The monoisotopic (exact) mass is 350 g/mol. The van der Waals surface area contributed by atoms with E-state index >= 15 is 0 Å². The third-order valence-electron chi connectivity index (χ3n) is 4.69. The third kappa shape index (κ3) is 7.53. The summed E-state index contributed by atoms with van der Waals surface area (Å²) in [6.07, 6.45) is 4.96. The zero-order valence-corrected chi connectivity index (χ0v) is 15.4. The summed E-state index contributed by atoms with van der Waals surface area (Å²) in [6, 6.07) is 6.23. The van der Waals surface area contributed by atoms with Crippen molar-refractivity contribution in [1.82, 2.24) is 9.80 Å². The number of amides is 1. The number of benzene rings is 1. The summed E-state index contributed by atoms with van der Waals surface area (Å²) >= 11 is 0. The molecule has 0 atom stereocenters. The molecule has 1 aliphatic heterocycles. The molecule has 1 aromatic rings. The first-order valence-corrected chi connectivity index (χ1v) is 9.51. The molecule has 140 valence electrons. The maximum absolute atomic E-state index is 13.0. The first-order valence-electron chi connectivity index (χ1n) is 9.51. The second-order valence-electron chi connectivity index (χ2n) is 6.70. The van der Waals surface area contributed by atoms with E-state index in [1.54, 1.807) is 12.1 Å². The number of hydrogen-bond donors (Lipinski definition) is 0. The van der Waals surface area contributed by atoms with E-state index in [2.05, 4.69) is 11.8 Å². The Bertz CT molecular complexity index is 501. The molecule has 1 fully saturated rings. The molecule has 25 heavy (non-hydrogen) atoms. The summed E-state index contributed by atoms with van der Waals surface area (Å²) in [5.74, 6) is -0.128. The number of ether oxygens (including phenoxy) is 1. The van der Waals surface area contributed by atoms with Gasteiger partial charge in [0.1, 0.15) is 5.82 Å². The molecule has 0 aromatic heterocycles. The molecule has 0 N–H and O–H groups in total. The molecule has 5 heteroatoms. The number of halogens is 1. The van der Waals surface area contributed by atoms with E-state index in [-0.39, 0.29) is 11.7 Å². The van der Waals surface area contributed by atoms with E-state index in [9.17, 15) is 9.18 Å². The molecule has 1 aromatic carbocycles. The van der Waals surface area contributed by atoms with Gasteiger partial charge in [0.05, 0.1) is 19.6 Å².